The Labute approximate surface area is 114 Å². The van der Waals surface area contributed by atoms with E-state index in [1.807, 2.05) is 16.8 Å². The monoisotopic (exact) mass is 268 g/mol. The molecule has 19 heavy (non-hydrogen) atoms. The Balaban J connectivity index is 1.72. The number of ether oxygens (including phenoxy) is 2. The summed E-state index contributed by atoms with van der Waals surface area (Å²) < 4.78 is 11.1. The van der Waals surface area contributed by atoms with Gasteiger partial charge in [-0.15, -0.1) is 0 Å². The van der Waals surface area contributed by atoms with Gasteiger partial charge in [0, 0.05) is 26.2 Å². The van der Waals surface area contributed by atoms with Crippen LogP contribution in [0.15, 0.2) is 0 Å². The molecule has 1 spiro atoms. The van der Waals surface area contributed by atoms with Crippen molar-refractivity contribution < 1.29 is 14.3 Å². The van der Waals surface area contributed by atoms with E-state index in [1.165, 1.54) is 12.8 Å². The van der Waals surface area contributed by atoms with Gasteiger partial charge in [-0.2, -0.15) is 0 Å². The molecule has 1 atom stereocenters. The zero-order valence-electron chi connectivity index (χ0n) is 11.8. The summed E-state index contributed by atoms with van der Waals surface area (Å²) in [5.41, 5.74) is -0.206. The molecule has 0 N–H and O–H groups in total. The summed E-state index contributed by atoms with van der Waals surface area (Å²) in [6.07, 6.45) is 5.70. The molecule has 2 saturated heterocycles. The van der Waals surface area contributed by atoms with Crippen LogP contribution in [0.3, 0.4) is 0 Å². The van der Waals surface area contributed by atoms with Crippen LogP contribution in [-0.2, 0) is 9.47 Å². The molecule has 5 heteroatoms. The highest BCUT2D eigenvalue weighted by Gasteiger charge is 2.46. The van der Waals surface area contributed by atoms with Crippen LogP contribution in [0.25, 0.3) is 0 Å². The third-order valence-electron chi connectivity index (χ3n) is 4.89. The van der Waals surface area contributed by atoms with Crippen molar-refractivity contribution in [3.63, 3.8) is 0 Å². The molecule has 0 aromatic carbocycles. The highest BCUT2D eigenvalue weighted by atomic mass is 16.5. The van der Waals surface area contributed by atoms with Gasteiger partial charge in [0.05, 0.1) is 25.4 Å². The van der Waals surface area contributed by atoms with Gasteiger partial charge in [0.1, 0.15) is 0 Å². The highest BCUT2D eigenvalue weighted by Crippen LogP contribution is 2.31. The van der Waals surface area contributed by atoms with Crippen molar-refractivity contribution in [1.29, 1.82) is 0 Å². The number of hydrogen-bond acceptors (Lipinski definition) is 3. The van der Waals surface area contributed by atoms with Crippen LogP contribution in [-0.4, -0.2) is 67.4 Å². The average molecular weight is 268 g/mol. The Hall–Kier alpha value is -0.810. The maximum absolute atomic E-state index is 12.8. The summed E-state index contributed by atoms with van der Waals surface area (Å²) in [4.78, 5) is 16.8. The molecule has 0 aromatic rings. The second-order valence-corrected chi connectivity index (χ2v) is 6.06. The Kier molecular flexibility index (Phi) is 3.67. The number of nitrogens with zero attached hydrogens (tertiary/aromatic N) is 2. The molecule has 2 aliphatic heterocycles. The van der Waals surface area contributed by atoms with Crippen LogP contribution in [0.5, 0.6) is 0 Å². The van der Waals surface area contributed by atoms with Crippen LogP contribution in [0.2, 0.25) is 0 Å². The lowest BCUT2D eigenvalue weighted by molar-refractivity contribution is -0.0548. The first kappa shape index (κ1) is 13.2. The number of carbonyl (C=O) groups is 1. The zero-order valence-corrected chi connectivity index (χ0v) is 11.8. The quantitative estimate of drug-likeness (QED) is 0.723. The molecule has 3 fully saturated rings. The first-order chi connectivity index (χ1) is 9.23. The van der Waals surface area contributed by atoms with Crippen molar-refractivity contribution in [2.75, 3.05) is 40.0 Å². The van der Waals surface area contributed by atoms with Gasteiger partial charge in [-0.1, -0.05) is 12.8 Å². The number of rotatable bonds is 1. The molecule has 3 rings (SSSR count). The molecule has 0 aromatic heterocycles. The summed E-state index contributed by atoms with van der Waals surface area (Å²) >= 11 is 0. The third-order valence-corrected chi connectivity index (χ3v) is 4.89. The van der Waals surface area contributed by atoms with Crippen molar-refractivity contribution in [1.82, 2.24) is 9.80 Å². The van der Waals surface area contributed by atoms with E-state index >= 15 is 0 Å². The van der Waals surface area contributed by atoms with Gasteiger partial charge in [0.2, 0.25) is 0 Å². The minimum Gasteiger partial charge on any atom is -0.379 e. The lowest BCUT2D eigenvalue weighted by Crippen LogP contribution is -2.62. The topological polar surface area (TPSA) is 42.0 Å². The van der Waals surface area contributed by atoms with Gasteiger partial charge in [-0.25, -0.2) is 4.79 Å². The highest BCUT2D eigenvalue weighted by molar-refractivity contribution is 5.75. The first-order valence-corrected chi connectivity index (χ1v) is 7.43. The Morgan fingerprint density at radius 1 is 1.21 bits per heavy atom. The molecule has 108 valence electrons. The molecule has 0 radical (unpaired) electrons. The Morgan fingerprint density at radius 2 is 1.89 bits per heavy atom. The molecule has 3 aliphatic rings. The van der Waals surface area contributed by atoms with Crippen molar-refractivity contribution >= 4 is 6.03 Å². The van der Waals surface area contributed by atoms with Crippen LogP contribution >= 0.6 is 0 Å². The molecule has 1 aliphatic carbocycles. The number of carbonyl (C=O) groups excluding carboxylic acids is 1. The molecule has 1 saturated carbocycles. The summed E-state index contributed by atoms with van der Waals surface area (Å²) in [5.74, 6) is 0. The van der Waals surface area contributed by atoms with Crippen LogP contribution in [0.4, 0.5) is 4.79 Å². The zero-order chi connectivity index (χ0) is 13.3. The molecular formula is C14H24N2O3. The average Bonchev–Trinajstić information content (AvgIpc) is 3.10. The maximum Gasteiger partial charge on any atom is 0.320 e. The van der Waals surface area contributed by atoms with Gasteiger partial charge in [0.15, 0.2) is 0 Å². The Bertz CT molecular complexity index is 336. The predicted molar refractivity (Wildman–Crippen MR) is 71.1 cm³/mol. The molecule has 5 nitrogen and oxygen atoms in total. The smallest absolute Gasteiger partial charge is 0.320 e. The summed E-state index contributed by atoms with van der Waals surface area (Å²) in [5, 5.41) is 0. The van der Waals surface area contributed by atoms with E-state index in [9.17, 15) is 4.79 Å². The second-order valence-electron chi connectivity index (χ2n) is 6.06. The minimum absolute atomic E-state index is 0.167. The number of morpholine rings is 1. The lowest BCUT2D eigenvalue weighted by Gasteiger charge is -2.45. The molecule has 0 unspecified atom stereocenters. The van der Waals surface area contributed by atoms with E-state index < -0.39 is 0 Å². The molecular weight excluding hydrogens is 244 g/mol. The van der Waals surface area contributed by atoms with Crippen molar-refractivity contribution in [3.8, 4) is 0 Å². The first-order valence-electron chi connectivity index (χ1n) is 7.43. The van der Waals surface area contributed by atoms with Crippen molar-refractivity contribution in [3.05, 3.63) is 0 Å². The van der Waals surface area contributed by atoms with E-state index in [2.05, 4.69) is 0 Å². The minimum atomic E-state index is -0.206. The van der Waals surface area contributed by atoms with Crippen molar-refractivity contribution in [2.24, 2.45) is 0 Å². The Morgan fingerprint density at radius 3 is 2.58 bits per heavy atom. The lowest BCUT2D eigenvalue weighted by atomic mass is 9.96. The SMILES string of the molecule is CN(C(=O)N1CCOC[C@@]12CCOC2)C1CCCC1. The van der Waals surface area contributed by atoms with Crippen molar-refractivity contribution in [2.45, 2.75) is 43.7 Å². The van der Waals surface area contributed by atoms with Crippen LogP contribution in [0, 0.1) is 0 Å². The fourth-order valence-electron chi connectivity index (χ4n) is 3.59. The molecule has 2 amide bonds. The summed E-state index contributed by atoms with van der Waals surface area (Å²) in [6.45, 7) is 3.32. The van der Waals surface area contributed by atoms with E-state index in [0.29, 0.717) is 32.4 Å². The number of amides is 2. The second kappa shape index (κ2) is 5.29. The fourth-order valence-corrected chi connectivity index (χ4v) is 3.59. The predicted octanol–water partition coefficient (Wildman–Crippen LogP) is 1.47. The van der Waals surface area contributed by atoms with E-state index in [0.717, 1.165) is 25.9 Å². The fraction of sp³-hybridized carbons (Fsp3) is 0.929. The molecule has 0 bridgehead atoms. The van der Waals surface area contributed by atoms with Crippen LogP contribution < -0.4 is 0 Å². The number of hydrogen-bond donors (Lipinski definition) is 0. The van der Waals surface area contributed by atoms with E-state index in [1.54, 1.807) is 0 Å². The normalized spacial score (nSPS) is 32.2. The third kappa shape index (κ3) is 2.34. The number of urea groups is 1. The van der Waals surface area contributed by atoms with Gasteiger partial charge in [-0.3, -0.25) is 0 Å². The van der Waals surface area contributed by atoms with Gasteiger partial charge >= 0.3 is 6.03 Å². The van der Waals surface area contributed by atoms with E-state index in [4.69, 9.17) is 9.47 Å². The maximum atomic E-state index is 12.8. The largest absolute Gasteiger partial charge is 0.379 e. The van der Waals surface area contributed by atoms with Crippen LogP contribution in [0.1, 0.15) is 32.1 Å². The van der Waals surface area contributed by atoms with E-state index in [-0.39, 0.29) is 11.6 Å². The summed E-state index contributed by atoms with van der Waals surface area (Å²) in [6, 6.07) is 0.593. The summed E-state index contributed by atoms with van der Waals surface area (Å²) in [7, 11) is 1.96. The molecule has 2 heterocycles. The van der Waals surface area contributed by atoms with Gasteiger partial charge in [-0.05, 0) is 19.3 Å². The van der Waals surface area contributed by atoms with Gasteiger partial charge < -0.3 is 19.3 Å². The van der Waals surface area contributed by atoms with Gasteiger partial charge in [0.25, 0.3) is 0 Å². The standard InChI is InChI=1S/C14H24N2O3/c1-15(12-4-2-3-5-12)13(17)16-7-9-19-11-14(16)6-8-18-10-14/h12H,2-11H2,1H3/t14-/m0/s1.